The van der Waals surface area contributed by atoms with E-state index >= 15 is 0 Å². The van der Waals surface area contributed by atoms with Crippen LogP contribution in [0, 0.1) is 11.3 Å². The van der Waals surface area contributed by atoms with Gasteiger partial charge in [0.05, 0.1) is 17.8 Å². The SMILES string of the molecule is N#Cc1ccc(Cc2c[n+](CC(=O)c3ccccc3)ccn2)cc1. The predicted molar refractivity (Wildman–Crippen MR) is 89.2 cm³/mol. The molecule has 0 spiro atoms. The van der Waals surface area contributed by atoms with Crippen molar-refractivity contribution in [2.75, 3.05) is 0 Å². The second-order valence-electron chi connectivity index (χ2n) is 5.49. The van der Waals surface area contributed by atoms with Crippen LogP contribution in [-0.4, -0.2) is 10.8 Å². The molecule has 0 amide bonds. The van der Waals surface area contributed by atoms with Gasteiger partial charge in [0.15, 0.2) is 12.4 Å². The third kappa shape index (κ3) is 3.90. The fourth-order valence-corrected chi connectivity index (χ4v) is 2.46. The van der Waals surface area contributed by atoms with Crippen molar-refractivity contribution in [1.29, 1.82) is 5.26 Å². The van der Waals surface area contributed by atoms with Crippen molar-refractivity contribution < 1.29 is 9.36 Å². The Morgan fingerprint density at radius 3 is 2.54 bits per heavy atom. The van der Waals surface area contributed by atoms with Crippen LogP contribution in [0.4, 0.5) is 0 Å². The Morgan fingerprint density at radius 2 is 1.83 bits per heavy atom. The van der Waals surface area contributed by atoms with Crippen molar-refractivity contribution in [1.82, 2.24) is 4.98 Å². The summed E-state index contributed by atoms with van der Waals surface area (Å²) in [6.07, 6.45) is 6.05. The van der Waals surface area contributed by atoms with E-state index < -0.39 is 0 Å². The molecule has 0 aliphatic heterocycles. The highest BCUT2D eigenvalue weighted by Gasteiger charge is 2.12. The Balaban J connectivity index is 1.72. The van der Waals surface area contributed by atoms with Gasteiger partial charge < -0.3 is 0 Å². The Kier molecular flexibility index (Phi) is 4.73. The fourth-order valence-electron chi connectivity index (χ4n) is 2.46. The Hall–Kier alpha value is -3.32. The van der Waals surface area contributed by atoms with Gasteiger partial charge in [0, 0.05) is 12.0 Å². The predicted octanol–water partition coefficient (Wildman–Crippen LogP) is 2.71. The van der Waals surface area contributed by atoms with E-state index in [1.165, 1.54) is 0 Å². The molecule has 4 heteroatoms. The first-order valence-corrected chi connectivity index (χ1v) is 7.66. The molecular weight excluding hydrogens is 298 g/mol. The third-order valence-corrected chi connectivity index (χ3v) is 3.70. The van der Waals surface area contributed by atoms with Gasteiger partial charge in [0.2, 0.25) is 12.3 Å². The van der Waals surface area contributed by atoms with E-state index in [4.69, 9.17) is 5.26 Å². The summed E-state index contributed by atoms with van der Waals surface area (Å²) in [5, 5.41) is 8.83. The van der Waals surface area contributed by atoms with Gasteiger partial charge in [-0.05, 0) is 17.7 Å². The number of Topliss-reactive ketones (excluding diaryl/α,β-unsaturated/α-hetero) is 1. The molecule has 116 valence electrons. The third-order valence-electron chi connectivity index (χ3n) is 3.70. The van der Waals surface area contributed by atoms with E-state index in [0.717, 1.165) is 11.3 Å². The monoisotopic (exact) mass is 314 g/mol. The molecule has 1 heterocycles. The van der Waals surface area contributed by atoms with Crippen molar-refractivity contribution in [3.8, 4) is 6.07 Å². The summed E-state index contributed by atoms with van der Waals surface area (Å²) in [6.45, 7) is 0.285. The highest BCUT2D eigenvalue weighted by molar-refractivity contribution is 5.94. The van der Waals surface area contributed by atoms with Gasteiger partial charge in [-0.25, -0.2) is 4.98 Å². The van der Waals surface area contributed by atoms with Gasteiger partial charge >= 0.3 is 0 Å². The highest BCUT2D eigenvalue weighted by atomic mass is 16.1. The van der Waals surface area contributed by atoms with Crippen molar-refractivity contribution in [3.63, 3.8) is 0 Å². The van der Waals surface area contributed by atoms with Crippen LogP contribution in [0.1, 0.15) is 27.2 Å². The minimum Gasteiger partial charge on any atom is -0.287 e. The molecular formula is C20H16N3O+. The summed E-state index contributed by atoms with van der Waals surface area (Å²) in [4.78, 5) is 16.6. The quantitative estimate of drug-likeness (QED) is 0.537. The number of rotatable bonds is 5. The van der Waals surface area contributed by atoms with Gasteiger partial charge in [0.25, 0.3) is 0 Å². The lowest BCUT2D eigenvalue weighted by Crippen LogP contribution is -2.38. The lowest BCUT2D eigenvalue weighted by molar-refractivity contribution is -0.684. The number of carbonyl (C=O) groups excluding carboxylic acids is 1. The second-order valence-corrected chi connectivity index (χ2v) is 5.49. The zero-order valence-corrected chi connectivity index (χ0v) is 13.1. The number of benzene rings is 2. The molecule has 0 radical (unpaired) electrons. The van der Waals surface area contributed by atoms with Gasteiger partial charge in [-0.1, -0.05) is 42.5 Å². The number of ketones is 1. The van der Waals surface area contributed by atoms with Crippen molar-refractivity contribution in [2.24, 2.45) is 0 Å². The molecule has 1 aromatic heterocycles. The smallest absolute Gasteiger partial charge is 0.227 e. The Bertz CT molecular complexity index is 881. The summed E-state index contributed by atoms with van der Waals surface area (Å²) in [5.74, 6) is 0.0659. The molecule has 0 N–H and O–H groups in total. The standard InChI is InChI=1S/C20H16N3O/c21-13-17-8-6-16(7-9-17)12-19-14-23(11-10-22-19)15-20(24)18-4-2-1-3-5-18/h1-11,14H,12,15H2/q+1. The van der Waals surface area contributed by atoms with E-state index in [-0.39, 0.29) is 12.3 Å². The molecule has 0 fully saturated rings. The Labute approximate surface area is 140 Å². The van der Waals surface area contributed by atoms with E-state index in [1.54, 1.807) is 24.5 Å². The molecule has 3 aromatic rings. The summed E-state index contributed by atoms with van der Waals surface area (Å²) in [7, 11) is 0. The van der Waals surface area contributed by atoms with Crippen molar-refractivity contribution in [3.05, 3.63) is 95.6 Å². The van der Waals surface area contributed by atoms with Gasteiger partial charge in [0.1, 0.15) is 5.69 Å². The van der Waals surface area contributed by atoms with Crippen molar-refractivity contribution >= 4 is 5.78 Å². The van der Waals surface area contributed by atoms with E-state index in [1.807, 2.05) is 53.2 Å². The van der Waals surface area contributed by atoms with Crippen LogP contribution in [0.2, 0.25) is 0 Å². The lowest BCUT2D eigenvalue weighted by atomic mass is 10.1. The molecule has 0 saturated heterocycles. The second kappa shape index (κ2) is 7.30. The van der Waals surface area contributed by atoms with E-state index in [2.05, 4.69) is 11.1 Å². The lowest BCUT2D eigenvalue weighted by Gasteiger charge is -2.02. The molecule has 0 aliphatic carbocycles. The van der Waals surface area contributed by atoms with E-state index in [0.29, 0.717) is 17.5 Å². The number of nitrogens with zero attached hydrogens (tertiary/aromatic N) is 3. The van der Waals surface area contributed by atoms with Crippen LogP contribution < -0.4 is 4.57 Å². The topological polar surface area (TPSA) is 57.6 Å². The first kappa shape index (κ1) is 15.6. The maximum absolute atomic E-state index is 12.3. The molecule has 0 saturated carbocycles. The largest absolute Gasteiger partial charge is 0.287 e. The molecule has 0 bridgehead atoms. The van der Waals surface area contributed by atoms with Gasteiger partial charge in [-0.15, -0.1) is 0 Å². The average molecular weight is 314 g/mol. The molecule has 24 heavy (non-hydrogen) atoms. The summed E-state index contributed by atoms with van der Waals surface area (Å²) in [6, 6.07) is 18.8. The summed E-state index contributed by atoms with van der Waals surface area (Å²) in [5.41, 5.74) is 3.30. The van der Waals surface area contributed by atoms with Crippen LogP contribution in [0.25, 0.3) is 0 Å². The van der Waals surface area contributed by atoms with Crippen LogP contribution in [-0.2, 0) is 13.0 Å². The molecule has 3 rings (SSSR count). The number of carbonyl (C=O) groups is 1. The zero-order chi connectivity index (χ0) is 16.8. The van der Waals surface area contributed by atoms with Crippen LogP contribution >= 0.6 is 0 Å². The number of hydrogen-bond acceptors (Lipinski definition) is 3. The minimum absolute atomic E-state index is 0.0659. The number of aromatic nitrogens is 2. The molecule has 0 atom stereocenters. The number of hydrogen-bond donors (Lipinski definition) is 0. The summed E-state index contributed by atoms with van der Waals surface area (Å²) < 4.78 is 1.85. The average Bonchev–Trinajstić information content (AvgIpc) is 2.63. The molecule has 0 aliphatic rings. The highest BCUT2D eigenvalue weighted by Crippen LogP contribution is 2.08. The fraction of sp³-hybridized carbons (Fsp3) is 0.100. The van der Waals surface area contributed by atoms with Gasteiger partial charge in [-0.2, -0.15) is 9.83 Å². The zero-order valence-electron chi connectivity index (χ0n) is 13.1. The first-order valence-electron chi connectivity index (χ1n) is 7.66. The van der Waals surface area contributed by atoms with Crippen molar-refractivity contribution in [2.45, 2.75) is 13.0 Å². The normalized spacial score (nSPS) is 10.1. The number of nitriles is 1. The van der Waals surface area contributed by atoms with Crippen LogP contribution in [0.3, 0.4) is 0 Å². The molecule has 2 aromatic carbocycles. The summed E-state index contributed by atoms with van der Waals surface area (Å²) >= 11 is 0. The van der Waals surface area contributed by atoms with Crippen LogP contribution in [0.15, 0.2) is 73.2 Å². The molecule has 4 nitrogen and oxygen atoms in total. The Morgan fingerprint density at radius 1 is 1.08 bits per heavy atom. The van der Waals surface area contributed by atoms with Gasteiger partial charge in [-0.3, -0.25) is 4.79 Å². The first-order chi connectivity index (χ1) is 11.7. The van der Waals surface area contributed by atoms with E-state index in [9.17, 15) is 4.79 Å². The maximum atomic E-state index is 12.3. The molecule has 0 unspecified atom stereocenters. The maximum Gasteiger partial charge on any atom is 0.227 e. The minimum atomic E-state index is 0.0659. The van der Waals surface area contributed by atoms with Crippen LogP contribution in [0.5, 0.6) is 0 Å².